The molecule has 214 valence electrons. The summed E-state index contributed by atoms with van der Waals surface area (Å²) < 4.78 is 25.3. The number of benzene rings is 3. The van der Waals surface area contributed by atoms with Crippen LogP contribution in [0.5, 0.6) is 17.2 Å². The van der Waals surface area contributed by atoms with Gasteiger partial charge in [0.05, 0.1) is 13.2 Å². The van der Waals surface area contributed by atoms with Gasteiger partial charge in [0.25, 0.3) is 0 Å². The van der Waals surface area contributed by atoms with Crippen molar-refractivity contribution in [2.24, 2.45) is 5.41 Å². The van der Waals surface area contributed by atoms with Crippen molar-refractivity contribution < 1.29 is 63.2 Å². The number of amides is 1. The third-order valence-electron chi connectivity index (χ3n) is 6.58. The third kappa shape index (κ3) is 9.48. The Bertz CT molecular complexity index is 1330. The molecular formula is C32H37FNNaO6. The summed E-state index contributed by atoms with van der Waals surface area (Å²) in [6, 6.07) is 14.8. The largest absolute Gasteiger partial charge is 1.00 e. The molecule has 0 aliphatic rings. The number of carbonyl (C=O) groups is 2. The van der Waals surface area contributed by atoms with Crippen LogP contribution in [0, 0.1) is 11.2 Å². The van der Waals surface area contributed by atoms with Gasteiger partial charge in [0.15, 0.2) is 0 Å². The van der Waals surface area contributed by atoms with Gasteiger partial charge in [-0.2, -0.15) is 0 Å². The summed E-state index contributed by atoms with van der Waals surface area (Å²) >= 11 is 0. The number of carboxylic acid groups (broad SMARTS) is 1. The van der Waals surface area contributed by atoms with E-state index < -0.39 is 17.3 Å². The van der Waals surface area contributed by atoms with Gasteiger partial charge >= 0.3 is 29.6 Å². The van der Waals surface area contributed by atoms with Gasteiger partial charge in [-0.25, -0.2) is 4.39 Å². The Morgan fingerprint density at radius 2 is 1.66 bits per heavy atom. The molecule has 0 aromatic heterocycles. The predicted molar refractivity (Wildman–Crippen MR) is 151 cm³/mol. The molecule has 0 aliphatic heterocycles. The quantitative estimate of drug-likeness (QED) is 0.227. The van der Waals surface area contributed by atoms with Gasteiger partial charge in [-0.05, 0) is 54.3 Å². The molecular weight excluding hydrogens is 536 g/mol. The second-order valence-electron chi connectivity index (χ2n) is 10.3. The standard InChI is InChI=1S/C32H38FNO6.Na/c1-5-9-24-26(34-30(36)20-32(3,4)31(37)38)10-7-11-28(24)39-16-8-17-40-29-19-27(35)25(18-21(29)6-2)22-12-14-23(33)15-13-22;/h7,10-15,18-19,35H,5-6,8-9,16-17,20H2,1-4H3,(H,34,36)(H,37,38);/q;+1/p-1. The number of carbonyl (C=O) groups excluding carboxylic acids is 2. The molecule has 41 heavy (non-hydrogen) atoms. The summed E-state index contributed by atoms with van der Waals surface area (Å²) in [5, 5.41) is 24.7. The molecule has 0 fully saturated rings. The van der Waals surface area contributed by atoms with E-state index in [0.29, 0.717) is 55.2 Å². The Morgan fingerprint density at radius 3 is 2.27 bits per heavy atom. The zero-order chi connectivity index (χ0) is 29.3. The second kappa shape index (κ2) is 15.8. The first-order valence-corrected chi connectivity index (χ1v) is 13.6. The van der Waals surface area contributed by atoms with Crippen LogP contribution in [0.2, 0.25) is 0 Å². The first-order chi connectivity index (χ1) is 19.1. The maximum atomic E-state index is 13.3. The number of aliphatic carboxylic acids is 1. The molecule has 9 heteroatoms. The SMILES string of the molecule is CCCc1c(NC(=O)CC(C)(C)C(=O)[O-])cccc1OCCCOc1cc(O)c(-c2ccc(F)cc2)cc1CC.[Na+]. The minimum Gasteiger partial charge on any atom is -0.550 e. The van der Waals surface area contributed by atoms with Crippen LogP contribution in [-0.4, -0.2) is 30.2 Å². The van der Waals surface area contributed by atoms with E-state index in [1.54, 1.807) is 30.3 Å². The Labute approximate surface area is 263 Å². The molecule has 7 nitrogen and oxygen atoms in total. The van der Waals surface area contributed by atoms with Gasteiger partial charge in [0, 0.05) is 47.1 Å². The number of carboxylic acids is 1. The first kappa shape index (κ1) is 34.1. The van der Waals surface area contributed by atoms with Gasteiger partial charge in [-0.15, -0.1) is 0 Å². The number of anilines is 1. The first-order valence-electron chi connectivity index (χ1n) is 13.6. The molecule has 0 saturated heterocycles. The molecule has 3 aromatic carbocycles. The maximum absolute atomic E-state index is 13.3. The molecule has 2 N–H and O–H groups in total. The monoisotopic (exact) mass is 573 g/mol. The predicted octanol–water partition coefficient (Wildman–Crippen LogP) is 2.67. The number of phenolic OH excluding ortho intramolecular Hbond substituents is 1. The van der Waals surface area contributed by atoms with E-state index in [4.69, 9.17) is 9.47 Å². The summed E-state index contributed by atoms with van der Waals surface area (Å²) in [6.07, 6.45) is 2.56. The van der Waals surface area contributed by atoms with E-state index in [9.17, 15) is 24.2 Å². The molecule has 1 amide bonds. The van der Waals surface area contributed by atoms with Crippen LogP contribution in [0.25, 0.3) is 11.1 Å². The molecule has 0 spiro atoms. The Morgan fingerprint density at radius 1 is 1.00 bits per heavy atom. The Kier molecular flexibility index (Phi) is 13.2. The van der Waals surface area contributed by atoms with E-state index >= 15 is 0 Å². The van der Waals surface area contributed by atoms with Crippen molar-refractivity contribution >= 4 is 17.6 Å². The molecule has 0 aliphatic carbocycles. The minimum atomic E-state index is -1.28. The van der Waals surface area contributed by atoms with Crippen LogP contribution < -0.4 is 49.5 Å². The molecule has 0 unspecified atom stereocenters. The second-order valence-corrected chi connectivity index (χ2v) is 10.3. The van der Waals surface area contributed by atoms with Gasteiger partial charge in [-0.1, -0.05) is 52.3 Å². The van der Waals surface area contributed by atoms with Crippen molar-refractivity contribution in [3.63, 3.8) is 0 Å². The number of phenols is 1. The molecule has 3 aromatic rings. The fourth-order valence-electron chi connectivity index (χ4n) is 4.30. The molecule has 0 saturated carbocycles. The van der Waals surface area contributed by atoms with Gasteiger partial charge in [0.1, 0.15) is 23.1 Å². The number of hydrogen-bond donors (Lipinski definition) is 2. The summed E-state index contributed by atoms with van der Waals surface area (Å²) in [6.45, 7) is 7.67. The molecule has 3 rings (SSSR count). The normalized spacial score (nSPS) is 11.0. The van der Waals surface area contributed by atoms with Crippen LogP contribution in [0.15, 0.2) is 54.6 Å². The van der Waals surface area contributed by atoms with Gasteiger partial charge < -0.3 is 29.8 Å². The van der Waals surface area contributed by atoms with E-state index in [2.05, 4.69) is 5.32 Å². The summed E-state index contributed by atoms with van der Waals surface area (Å²) in [5.41, 5.74) is 2.43. The number of halogens is 1. The molecule has 0 atom stereocenters. The summed E-state index contributed by atoms with van der Waals surface area (Å²) in [7, 11) is 0. The number of rotatable bonds is 14. The molecule has 0 bridgehead atoms. The number of aryl methyl sites for hydroxylation is 1. The fraction of sp³-hybridized carbons (Fsp3) is 0.375. The smallest absolute Gasteiger partial charge is 0.550 e. The zero-order valence-electron chi connectivity index (χ0n) is 24.5. The van der Waals surface area contributed by atoms with Gasteiger partial charge in [-0.3, -0.25) is 4.79 Å². The Balaban J connectivity index is 0.00000588. The third-order valence-corrected chi connectivity index (χ3v) is 6.58. The zero-order valence-corrected chi connectivity index (χ0v) is 26.5. The van der Waals surface area contributed by atoms with Crippen LogP contribution in [0.4, 0.5) is 10.1 Å². The van der Waals surface area contributed by atoms with Crippen LogP contribution >= 0.6 is 0 Å². The van der Waals surface area contributed by atoms with Crippen LogP contribution in [0.3, 0.4) is 0 Å². The van der Waals surface area contributed by atoms with Crippen LogP contribution in [-0.2, 0) is 22.4 Å². The summed E-state index contributed by atoms with van der Waals surface area (Å²) in [5.74, 6) is -0.729. The van der Waals surface area contributed by atoms with Crippen molar-refractivity contribution in [3.05, 3.63) is 71.5 Å². The van der Waals surface area contributed by atoms with E-state index in [0.717, 1.165) is 23.1 Å². The summed E-state index contributed by atoms with van der Waals surface area (Å²) in [4.78, 5) is 23.8. The topological polar surface area (TPSA) is 108 Å². The molecule has 0 heterocycles. The Hall–Kier alpha value is -3.07. The number of hydrogen-bond acceptors (Lipinski definition) is 6. The fourth-order valence-corrected chi connectivity index (χ4v) is 4.30. The van der Waals surface area contributed by atoms with Crippen molar-refractivity contribution in [2.45, 2.75) is 59.8 Å². The van der Waals surface area contributed by atoms with Crippen molar-refractivity contribution in [3.8, 4) is 28.4 Å². The average Bonchev–Trinajstić information content (AvgIpc) is 2.90. The molecule has 0 radical (unpaired) electrons. The number of nitrogens with one attached hydrogen (secondary N) is 1. The van der Waals surface area contributed by atoms with Crippen molar-refractivity contribution in [2.75, 3.05) is 18.5 Å². The average molecular weight is 574 g/mol. The number of ether oxygens (including phenoxy) is 2. The maximum Gasteiger partial charge on any atom is 1.00 e. The van der Waals surface area contributed by atoms with E-state index in [1.807, 2.05) is 26.0 Å². The number of aromatic hydroxyl groups is 1. The minimum absolute atomic E-state index is 0. The van der Waals surface area contributed by atoms with E-state index in [1.165, 1.54) is 26.0 Å². The van der Waals surface area contributed by atoms with Crippen molar-refractivity contribution in [1.82, 2.24) is 0 Å². The van der Waals surface area contributed by atoms with Crippen molar-refractivity contribution in [1.29, 1.82) is 0 Å². The van der Waals surface area contributed by atoms with Crippen LogP contribution in [0.1, 0.15) is 58.1 Å². The van der Waals surface area contributed by atoms with E-state index in [-0.39, 0.29) is 47.5 Å². The van der Waals surface area contributed by atoms with Gasteiger partial charge in [0.2, 0.25) is 5.91 Å².